The first kappa shape index (κ1) is 16.7. The number of aliphatic carboxylic acids is 1. The number of nitro groups is 1. The molecule has 1 aromatic carbocycles. The van der Waals surface area contributed by atoms with E-state index in [4.69, 9.17) is 9.84 Å². The molecule has 1 aromatic rings. The van der Waals surface area contributed by atoms with Gasteiger partial charge in [-0.15, -0.1) is 0 Å². The largest absolute Gasteiger partial charge is 0.487 e. The van der Waals surface area contributed by atoms with Crippen molar-refractivity contribution in [1.29, 1.82) is 0 Å². The van der Waals surface area contributed by atoms with Crippen LogP contribution in [0, 0.1) is 10.1 Å². The molecule has 0 atom stereocenters. The van der Waals surface area contributed by atoms with Gasteiger partial charge < -0.3 is 14.7 Å². The minimum atomic E-state index is -0.877. The summed E-state index contributed by atoms with van der Waals surface area (Å²) in [4.78, 5) is 23.0. The van der Waals surface area contributed by atoms with Crippen molar-refractivity contribution in [2.24, 2.45) is 0 Å². The van der Waals surface area contributed by atoms with Gasteiger partial charge in [0.15, 0.2) is 5.75 Å². The molecule has 0 unspecified atom stereocenters. The average Bonchev–Trinajstić information content (AvgIpc) is 2.43. The first-order valence-electron chi connectivity index (χ1n) is 6.80. The highest BCUT2D eigenvalue weighted by atomic mass is 16.6. The first-order chi connectivity index (χ1) is 9.97. The minimum Gasteiger partial charge on any atom is -0.487 e. The van der Waals surface area contributed by atoms with E-state index in [2.05, 4.69) is 0 Å². The molecular formula is C14H20N2O5. The van der Waals surface area contributed by atoms with Crippen molar-refractivity contribution in [2.75, 3.05) is 25.1 Å². The second kappa shape index (κ2) is 8.08. The zero-order valence-corrected chi connectivity index (χ0v) is 12.2. The molecule has 1 rings (SSSR count). The molecule has 0 aliphatic heterocycles. The number of rotatable bonds is 9. The van der Waals surface area contributed by atoms with E-state index in [1.54, 1.807) is 30.1 Å². The third-order valence-electron chi connectivity index (χ3n) is 2.92. The lowest BCUT2D eigenvalue weighted by Gasteiger charge is -2.19. The van der Waals surface area contributed by atoms with Crippen LogP contribution in [0.25, 0.3) is 0 Å². The molecule has 0 aliphatic carbocycles. The van der Waals surface area contributed by atoms with Crippen LogP contribution in [0.4, 0.5) is 11.4 Å². The van der Waals surface area contributed by atoms with E-state index in [9.17, 15) is 14.9 Å². The van der Waals surface area contributed by atoms with Crippen molar-refractivity contribution in [3.8, 4) is 5.75 Å². The van der Waals surface area contributed by atoms with Gasteiger partial charge in [-0.25, -0.2) is 0 Å². The predicted octanol–water partition coefficient (Wildman–Crippen LogP) is 2.68. The monoisotopic (exact) mass is 296 g/mol. The molecule has 1 N–H and O–H groups in total. The normalized spacial score (nSPS) is 10.2. The lowest BCUT2D eigenvalue weighted by atomic mass is 10.2. The Morgan fingerprint density at radius 3 is 2.76 bits per heavy atom. The smallest absolute Gasteiger partial charge is 0.333 e. The zero-order chi connectivity index (χ0) is 15.8. The molecule has 7 nitrogen and oxygen atoms in total. The molecule has 0 fully saturated rings. The summed E-state index contributed by atoms with van der Waals surface area (Å²) in [6.07, 6.45) is 1.21. The Labute approximate surface area is 123 Å². The van der Waals surface area contributed by atoms with Gasteiger partial charge in [-0.05, 0) is 25.0 Å². The van der Waals surface area contributed by atoms with E-state index in [0.29, 0.717) is 25.3 Å². The van der Waals surface area contributed by atoms with Crippen molar-refractivity contribution in [1.82, 2.24) is 0 Å². The second-order valence-corrected chi connectivity index (χ2v) is 4.65. The van der Waals surface area contributed by atoms with Gasteiger partial charge in [0.05, 0.1) is 11.5 Å². The van der Waals surface area contributed by atoms with E-state index >= 15 is 0 Å². The number of carboxylic acids is 1. The van der Waals surface area contributed by atoms with Crippen molar-refractivity contribution in [2.45, 2.75) is 26.2 Å². The number of hydrogen-bond acceptors (Lipinski definition) is 5. The number of nitrogens with zero attached hydrogens (tertiary/aromatic N) is 2. The van der Waals surface area contributed by atoms with E-state index in [1.165, 1.54) is 0 Å². The molecule has 0 radical (unpaired) electrons. The molecule has 21 heavy (non-hydrogen) atoms. The molecule has 0 aromatic heterocycles. The molecule has 116 valence electrons. The molecule has 7 heteroatoms. The van der Waals surface area contributed by atoms with Crippen LogP contribution in [0.5, 0.6) is 5.75 Å². The Bertz CT molecular complexity index is 504. The van der Waals surface area contributed by atoms with Gasteiger partial charge in [0, 0.05) is 20.0 Å². The summed E-state index contributed by atoms with van der Waals surface area (Å²) >= 11 is 0. The molecule has 0 aliphatic rings. The van der Waals surface area contributed by atoms with Crippen LogP contribution in [0.2, 0.25) is 0 Å². The lowest BCUT2D eigenvalue weighted by molar-refractivity contribution is -0.385. The predicted molar refractivity (Wildman–Crippen MR) is 79.0 cm³/mol. The highest BCUT2D eigenvalue weighted by Crippen LogP contribution is 2.36. The number of benzene rings is 1. The summed E-state index contributed by atoms with van der Waals surface area (Å²) in [7, 11) is 1.70. The van der Waals surface area contributed by atoms with Crippen LogP contribution in [0.15, 0.2) is 18.2 Å². The van der Waals surface area contributed by atoms with Crippen LogP contribution in [0.1, 0.15) is 26.2 Å². The van der Waals surface area contributed by atoms with E-state index in [-0.39, 0.29) is 17.9 Å². The number of para-hydroxylation sites is 1. The topological polar surface area (TPSA) is 92.9 Å². The molecule has 0 spiro atoms. The number of nitro benzene ring substituents is 1. The van der Waals surface area contributed by atoms with Crippen LogP contribution >= 0.6 is 0 Å². The SMILES string of the molecule is CCCOc1cccc(N(C)CCCC(=O)O)c1[N+](=O)[O-]. The molecular weight excluding hydrogens is 276 g/mol. The number of carbonyl (C=O) groups is 1. The number of carboxylic acid groups (broad SMARTS) is 1. The number of anilines is 1. The fourth-order valence-corrected chi connectivity index (χ4v) is 1.92. The Hall–Kier alpha value is -2.31. The van der Waals surface area contributed by atoms with Gasteiger partial charge in [0.25, 0.3) is 0 Å². The van der Waals surface area contributed by atoms with Gasteiger partial charge in [-0.2, -0.15) is 0 Å². The number of hydrogen-bond donors (Lipinski definition) is 1. The highest BCUT2D eigenvalue weighted by molar-refractivity contribution is 5.70. The van der Waals surface area contributed by atoms with Crippen LogP contribution in [0.3, 0.4) is 0 Å². The van der Waals surface area contributed by atoms with Crippen molar-refractivity contribution in [3.63, 3.8) is 0 Å². The lowest BCUT2D eigenvalue weighted by Crippen LogP contribution is -2.20. The quantitative estimate of drug-likeness (QED) is 0.556. The van der Waals surface area contributed by atoms with Gasteiger partial charge in [-0.1, -0.05) is 13.0 Å². The zero-order valence-electron chi connectivity index (χ0n) is 12.2. The Morgan fingerprint density at radius 1 is 1.48 bits per heavy atom. The molecule has 0 saturated heterocycles. The third-order valence-corrected chi connectivity index (χ3v) is 2.92. The maximum Gasteiger partial charge on any atom is 0.333 e. The van der Waals surface area contributed by atoms with Crippen LogP contribution in [-0.2, 0) is 4.79 Å². The van der Waals surface area contributed by atoms with Gasteiger partial charge in [0.2, 0.25) is 0 Å². The molecule has 0 amide bonds. The summed E-state index contributed by atoms with van der Waals surface area (Å²) in [5.74, 6) is -0.637. The maximum absolute atomic E-state index is 11.3. The second-order valence-electron chi connectivity index (χ2n) is 4.65. The van der Waals surface area contributed by atoms with Crippen molar-refractivity contribution >= 4 is 17.3 Å². The van der Waals surface area contributed by atoms with E-state index < -0.39 is 10.9 Å². The molecule has 0 bridgehead atoms. The Balaban J connectivity index is 2.94. The summed E-state index contributed by atoms with van der Waals surface area (Å²) in [5, 5.41) is 19.9. The summed E-state index contributed by atoms with van der Waals surface area (Å²) in [6.45, 7) is 2.76. The highest BCUT2D eigenvalue weighted by Gasteiger charge is 2.23. The fraction of sp³-hybridized carbons (Fsp3) is 0.500. The Kier molecular flexibility index (Phi) is 6.45. The standard InChI is InChI=1S/C14H20N2O5/c1-3-10-21-12-7-4-6-11(14(12)16(19)20)15(2)9-5-8-13(17)18/h4,6-7H,3,5,8-10H2,1-2H3,(H,17,18). The maximum atomic E-state index is 11.3. The summed E-state index contributed by atoms with van der Waals surface area (Å²) in [6, 6.07) is 4.90. The van der Waals surface area contributed by atoms with Gasteiger partial charge in [0.1, 0.15) is 5.69 Å². The van der Waals surface area contributed by atoms with Crippen molar-refractivity contribution in [3.05, 3.63) is 28.3 Å². The fourth-order valence-electron chi connectivity index (χ4n) is 1.92. The van der Waals surface area contributed by atoms with Gasteiger partial charge in [-0.3, -0.25) is 14.9 Å². The average molecular weight is 296 g/mol. The first-order valence-corrected chi connectivity index (χ1v) is 6.80. The molecule has 0 heterocycles. The van der Waals surface area contributed by atoms with Gasteiger partial charge >= 0.3 is 11.7 Å². The third kappa shape index (κ3) is 4.94. The van der Waals surface area contributed by atoms with Crippen LogP contribution in [-0.4, -0.2) is 36.2 Å². The van der Waals surface area contributed by atoms with E-state index in [1.807, 2.05) is 6.92 Å². The molecule has 0 saturated carbocycles. The van der Waals surface area contributed by atoms with Crippen LogP contribution < -0.4 is 9.64 Å². The summed E-state index contributed by atoms with van der Waals surface area (Å²) < 4.78 is 5.42. The van der Waals surface area contributed by atoms with E-state index in [0.717, 1.165) is 6.42 Å². The number of ether oxygens (including phenoxy) is 1. The summed E-state index contributed by atoms with van der Waals surface area (Å²) in [5.41, 5.74) is 0.350. The van der Waals surface area contributed by atoms with Crippen molar-refractivity contribution < 1.29 is 19.6 Å². The Morgan fingerprint density at radius 2 is 2.19 bits per heavy atom. The minimum absolute atomic E-state index is 0.0319.